The highest BCUT2D eigenvalue weighted by Gasteiger charge is 2.39. The van der Waals surface area contributed by atoms with Crippen molar-refractivity contribution in [2.75, 3.05) is 6.54 Å². The molecule has 1 aliphatic rings. The highest BCUT2D eigenvalue weighted by molar-refractivity contribution is 7.89. The third kappa shape index (κ3) is 4.12. The van der Waals surface area contributed by atoms with E-state index in [4.69, 9.17) is 9.94 Å². The number of nitrogens with zero attached hydrogens (tertiary/aromatic N) is 2. The normalized spacial score (nSPS) is 17.0. The number of benzene rings is 2. The van der Waals surface area contributed by atoms with Crippen LogP contribution >= 0.6 is 0 Å². The van der Waals surface area contributed by atoms with Crippen molar-refractivity contribution in [2.45, 2.75) is 37.3 Å². The first kappa shape index (κ1) is 21.2. The van der Waals surface area contributed by atoms with E-state index in [1.807, 2.05) is 37.4 Å². The lowest BCUT2D eigenvalue weighted by Crippen LogP contribution is -2.44. The quantitative estimate of drug-likeness (QED) is 0.450. The van der Waals surface area contributed by atoms with Crippen molar-refractivity contribution >= 4 is 26.8 Å². The summed E-state index contributed by atoms with van der Waals surface area (Å²) in [6.07, 6.45) is 2.73. The van der Waals surface area contributed by atoms with Crippen LogP contribution in [0.3, 0.4) is 0 Å². The monoisotopic (exact) mass is 441 g/mol. The van der Waals surface area contributed by atoms with Gasteiger partial charge in [-0.1, -0.05) is 18.2 Å². The molecule has 3 aromatic rings. The number of amides is 1. The second kappa shape index (κ2) is 8.62. The molecule has 2 heterocycles. The average molecular weight is 442 g/mol. The molecule has 162 valence electrons. The first-order valence-corrected chi connectivity index (χ1v) is 11.4. The van der Waals surface area contributed by atoms with Gasteiger partial charge in [-0.25, -0.2) is 13.9 Å². The minimum Gasteiger partial charge on any atom is -0.489 e. The molecule has 0 bridgehead atoms. The van der Waals surface area contributed by atoms with E-state index in [0.29, 0.717) is 25.2 Å². The summed E-state index contributed by atoms with van der Waals surface area (Å²) in [6.45, 7) is 2.53. The second-order valence-corrected chi connectivity index (χ2v) is 9.34. The van der Waals surface area contributed by atoms with Gasteiger partial charge in [-0.05, 0) is 55.7 Å². The van der Waals surface area contributed by atoms with Crippen LogP contribution in [0.15, 0.2) is 59.6 Å². The fourth-order valence-corrected chi connectivity index (χ4v) is 5.51. The molecule has 0 spiro atoms. The number of hydroxylamine groups is 1. The summed E-state index contributed by atoms with van der Waals surface area (Å²) >= 11 is 0. The van der Waals surface area contributed by atoms with E-state index in [2.05, 4.69) is 4.98 Å². The molecule has 2 aromatic carbocycles. The van der Waals surface area contributed by atoms with Gasteiger partial charge in [0.25, 0.3) is 5.91 Å². The van der Waals surface area contributed by atoms with Crippen LogP contribution in [-0.4, -0.2) is 41.4 Å². The summed E-state index contributed by atoms with van der Waals surface area (Å²) in [5.41, 5.74) is 4.48. The molecule has 31 heavy (non-hydrogen) atoms. The second-order valence-electron chi connectivity index (χ2n) is 7.45. The Bertz CT molecular complexity index is 1210. The summed E-state index contributed by atoms with van der Waals surface area (Å²) in [4.78, 5) is 16.3. The molecule has 2 N–H and O–H groups in total. The van der Waals surface area contributed by atoms with E-state index in [1.54, 1.807) is 17.6 Å². The predicted octanol–water partition coefficient (Wildman–Crippen LogP) is 2.78. The van der Waals surface area contributed by atoms with Crippen LogP contribution in [0.5, 0.6) is 5.75 Å². The molecule has 1 amide bonds. The fourth-order valence-electron chi connectivity index (χ4n) is 3.85. The minimum absolute atomic E-state index is 0.0723. The van der Waals surface area contributed by atoms with Crippen LogP contribution in [0, 0.1) is 6.92 Å². The van der Waals surface area contributed by atoms with Gasteiger partial charge in [-0.3, -0.25) is 15.0 Å². The molecule has 0 saturated carbocycles. The van der Waals surface area contributed by atoms with Crippen LogP contribution < -0.4 is 10.2 Å². The third-order valence-corrected chi connectivity index (χ3v) is 7.45. The fraction of sp³-hybridized carbons (Fsp3) is 0.273. The zero-order valence-corrected chi connectivity index (χ0v) is 17.8. The molecule has 0 aliphatic carbocycles. The number of sulfonamides is 1. The van der Waals surface area contributed by atoms with Crippen LogP contribution in [-0.2, 0) is 21.4 Å². The third-order valence-electron chi connectivity index (χ3n) is 5.53. The van der Waals surface area contributed by atoms with Crippen molar-refractivity contribution in [1.29, 1.82) is 0 Å². The number of rotatable bonds is 6. The van der Waals surface area contributed by atoms with Gasteiger partial charge in [-0.2, -0.15) is 4.31 Å². The first-order valence-electron chi connectivity index (χ1n) is 9.93. The van der Waals surface area contributed by atoms with Gasteiger partial charge in [0.15, 0.2) is 0 Å². The Kier molecular flexibility index (Phi) is 5.90. The molecule has 1 atom stereocenters. The SMILES string of the molecule is Cc1cnc2ccccc2c1COc1ccc(S(=O)(=O)N2CCC[C@@H]2C(=O)NO)cc1. The van der Waals surface area contributed by atoms with Crippen LogP contribution in [0.1, 0.15) is 24.0 Å². The molecule has 8 nitrogen and oxygen atoms in total. The maximum Gasteiger partial charge on any atom is 0.261 e. The maximum atomic E-state index is 13.0. The summed E-state index contributed by atoms with van der Waals surface area (Å²) in [6, 6.07) is 13.1. The first-order chi connectivity index (χ1) is 14.9. The van der Waals surface area contributed by atoms with Crippen molar-refractivity contribution in [1.82, 2.24) is 14.8 Å². The molecular formula is C22H23N3O5S. The number of aryl methyl sites for hydroxylation is 1. The van der Waals surface area contributed by atoms with Crippen molar-refractivity contribution in [3.8, 4) is 5.75 Å². The lowest BCUT2D eigenvalue weighted by atomic mass is 10.1. The smallest absolute Gasteiger partial charge is 0.261 e. The van der Waals surface area contributed by atoms with Gasteiger partial charge in [0.2, 0.25) is 10.0 Å². The average Bonchev–Trinajstić information content (AvgIpc) is 3.29. The lowest BCUT2D eigenvalue weighted by molar-refractivity contribution is -0.132. The van der Waals surface area contributed by atoms with Gasteiger partial charge in [0, 0.05) is 23.7 Å². The van der Waals surface area contributed by atoms with Crippen LogP contribution in [0.4, 0.5) is 0 Å². The van der Waals surface area contributed by atoms with E-state index >= 15 is 0 Å². The van der Waals surface area contributed by atoms with Gasteiger partial charge in [0.05, 0.1) is 10.4 Å². The molecule has 9 heteroatoms. The van der Waals surface area contributed by atoms with E-state index < -0.39 is 22.0 Å². The number of hydrogen-bond acceptors (Lipinski definition) is 6. The maximum absolute atomic E-state index is 13.0. The Hall–Kier alpha value is -3.01. The van der Waals surface area contributed by atoms with Crippen LogP contribution in [0.2, 0.25) is 0 Å². The number of para-hydroxylation sites is 1. The van der Waals surface area contributed by atoms with Crippen molar-refractivity contribution in [2.24, 2.45) is 0 Å². The number of nitrogens with one attached hydrogen (secondary N) is 1. The minimum atomic E-state index is -3.86. The molecule has 1 fully saturated rings. The Morgan fingerprint density at radius 3 is 2.71 bits per heavy atom. The number of ether oxygens (including phenoxy) is 1. The highest BCUT2D eigenvalue weighted by Crippen LogP contribution is 2.28. The largest absolute Gasteiger partial charge is 0.489 e. The number of carbonyl (C=O) groups excluding carboxylic acids is 1. The Morgan fingerprint density at radius 2 is 1.97 bits per heavy atom. The number of carbonyl (C=O) groups is 1. The van der Waals surface area contributed by atoms with E-state index in [9.17, 15) is 13.2 Å². The van der Waals surface area contributed by atoms with Gasteiger partial charge >= 0.3 is 0 Å². The predicted molar refractivity (Wildman–Crippen MR) is 114 cm³/mol. The number of fused-ring (bicyclic) bond motifs is 1. The van der Waals surface area contributed by atoms with Crippen LogP contribution in [0.25, 0.3) is 10.9 Å². The van der Waals surface area contributed by atoms with E-state index in [-0.39, 0.29) is 11.4 Å². The highest BCUT2D eigenvalue weighted by atomic mass is 32.2. The molecule has 0 radical (unpaired) electrons. The summed E-state index contributed by atoms with van der Waals surface area (Å²) in [5, 5.41) is 9.90. The van der Waals surface area contributed by atoms with Gasteiger partial charge in [-0.15, -0.1) is 0 Å². The Morgan fingerprint density at radius 1 is 1.23 bits per heavy atom. The Balaban J connectivity index is 1.52. The molecular weight excluding hydrogens is 418 g/mol. The number of hydrogen-bond donors (Lipinski definition) is 2. The molecule has 4 rings (SSSR count). The summed E-state index contributed by atoms with van der Waals surface area (Å²) < 4.78 is 33.0. The topological polar surface area (TPSA) is 109 Å². The van der Waals surface area contributed by atoms with Gasteiger partial charge < -0.3 is 4.74 Å². The van der Waals surface area contributed by atoms with E-state index in [1.165, 1.54) is 12.1 Å². The lowest BCUT2D eigenvalue weighted by Gasteiger charge is -2.22. The number of pyridine rings is 1. The summed E-state index contributed by atoms with van der Waals surface area (Å²) in [7, 11) is -3.86. The van der Waals surface area contributed by atoms with Crippen molar-refractivity contribution < 1.29 is 23.2 Å². The summed E-state index contributed by atoms with van der Waals surface area (Å²) in [5.74, 6) is -0.189. The Labute approximate surface area is 180 Å². The van der Waals surface area contributed by atoms with E-state index in [0.717, 1.165) is 26.3 Å². The molecule has 1 saturated heterocycles. The zero-order valence-electron chi connectivity index (χ0n) is 17.0. The molecule has 1 aromatic heterocycles. The molecule has 1 aliphatic heterocycles. The molecule has 0 unspecified atom stereocenters. The number of aromatic nitrogens is 1. The van der Waals surface area contributed by atoms with Crippen molar-refractivity contribution in [3.05, 3.63) is 65.9 Å². The van der Waals surface area contributed by atoms with Crippen molar-refractivity contribution in [3.63, 3.8) is 0 Å². The van der Waals surface area contributed by atoms with Gasteiger partial charge in [0.1, 0.15) is 18.4 Å². The zero-order chi connectivity index (χ0) is 22.0. The standard InChI is InChI=1S/C22H23N3O5S/c1-15-13-23-20-6-3-2-5-18(20)19(15)14-30-16-8-10-17(11-9-16)31(28,29)25-12-4-7-21(25)22(26)24-27/h2-3,5-6,8-11,13,21,27H,4,7,12,14H2,1H3,(H,24,26)/t21-/m1/s1.